The van der Waals surface area contributed by atoms with Crippen molar-refractivity contribution in [3.05, 3.63) is 58.9 Å². The van der Waals surface area contributed by atoms with Crippen LogP contribution in [0.4, 0.5) is 13.2 Å². The van der Waals surface area contributed by atoms with Gasteiger partial charge in [-0.1, -0.05) is 76.6 Å². The molecule has 1 heterocycles. The second kappa shape index (κ2) is 11.7. The molecule has 1 nitrogen and oxygen atoms in total. The fraction of sp³-hybridized carbons (Fsp3) is 0.556. The van der Waals surface area contributed by atoms with E-state index in [2.05, 4.69) is 6.92 Å². The molecule has 3 rings (SSSR count). The monoisotopic (exact) mass is 432 g/mol. The molecule has 0 aliphatic carbocycles. The lowest BCUT2D eigenvalue weighted by Gasteiger charge is -2.29. The molecule has 170 valence electrons. The van der Waals surface area contributed by atoms with Crippen LogP contribution in [0.1, 0.15) is 88.7 Å². The third kappa shape index (κ3) is 6.12. The molecule has 0 bridgehead atoms. The van der Waals surface area contributed by atoms with E-state index in [4.69, 9.17) is 4.74 Å². The van der Waals surface area contributed by atoms with Gasteiger partial charge in [-0.25, -0.2) is 13.2 Å². The van der Waals surface area contributed by atoms with Crippen LogP contribution in [0.2, 0.25) is 0 Å². The fourth-order valence-electron chi connectivity index (χ4n) is 4.56. The van der Waals surface area contributed by atoms with Gasteiger partial charge in [0.25, 0.3) is 0 Å². The van der Waals surface area contributed by atoms with Crippen molar-refractivity contribution < 1.29 is 17.9 Å². The van der Waals surface area contributed by atoms with Gasteiger partial charge in [-0.3, -0.25) is 0 Å². The number of rotatable bonds is 10. The molecular weight excluding hydrogens is 397 g/mol. The lowest BCUT2D eigenvalue weighted by atomic mass is 9.88. The van der Waals surface area contributed by atoms with Crippen molar-refractivity contribution in [3.63, 3.8) is 0 Å². The summed E-state index contributed by atoms with van der Waals surface area (Å²) in [6.07, 6.45) is 10.7. The van der Waals surface area contributed by atoms with Crippen molar-refractivity contribution in [3.8, 4) is 11.1 Å². The Morgan fingerprint density at radius 3 is 2.35 bits per heavy atom. The molecule has 2 aromatic rings. The van der Waals surface area contributed by atoms with Gasteiger partial charge in [0.05, 0.1) is 12.7 Å². The Morgan fingerprint density at radius 2 is 1.68 bits per heavy atom. The Balaban J connectivity index is 1.61. The highest BCUT2D eigenvalue weighted by molar-refractivity contribution is 5.65. The van der Waals surface area contributed by atoms with E-state index in [1.54, 1.807) is 24.3 Å². The summed E-state index contributed by atoms with van der Waals surface area (Å²) in [4.78, 5) is 0. The van der Waals surface area contributed by atoms with E-state index >= 15 is 0 Å². The Morgan fingerprint density at radius 1 is 0.871 bits per heavy atom. The summed E-state index contributed by atoms with van der Waals surface area (Å²) >= 11 is 0. The van der Waals surface area contributed by atoms with Crippen LogP contribution >= 0.6 is 0 Å². The van der Waals surface area contributed by atoms with Crippen LogP contribution in [0.15, 0.2) is 30.3 Å². The highest BCUT2D eigenvalue weighted by Crippen LogP contribution is 2.34. The van der Waals surface area contributed by atoms with Gasteiger partial charge < -0.3 is 4.74 Å². The Labute approximate surface area is 185 Å². The predicted molar refractivity (Wildman–Crippen MR) is 121 cm³/mol. The van der Waals surface area contributed by atoms with Gasteiger partial charge >= 0.3 is 0 Å². The van der Waals surface area contributed by atoms with Crippen LogP contribution in [0.25, 0.3) is 11.1 Å². The highest BCUT2D eigenvalue weighted by Gasteiger charge is 2.25. The molecule has 31 heavy (non-hydrogen) atoms. The lowest BCUT2D eigenvalue weighted by molar-refractivity contribution is -0.00273. The van der Waals surface area contributed by atoms with Crippen LogP contribution in [-0.2, 0) is 11.2 Å². The standard InChI is InChI=1S/C27H35F3O/c1-3-5-6-7-8-10-22-14-11-21(18-31-22)23-15-13-20(17-25(23)28)24-16-12-19(9-4-2)26(29)27(24)30/h12-13,15-17,21-22H,3-11,14,18H2,1-2H3. The van der Waals surface area contributed by atoms with Gasteiger partial charge in [-0.2, -0.15) is 0 Å². The summed E-state index contributed by atoms with van der Waals surface area (Å²) in [5.41, 5.74) is 1.43. The van der Waals surface area contributed by atoms with Gasteiger partial charge in [0.1, 0.15) is 5.82 Å². The molecule has 1 fully saturated rings. The number of unbranched alkanes of at least 4 members (excludes halogenated alkanes) is 4. The molecule has 4 heteroatoms. The molecule has 0 amide bonds. The molecule has 0 saturated carbocycles. The largest absolute Gasteiger partial charge is 0.378 e. The van der Waals surface area contributed by atoms with E-state index in [-0.39, 0.29) is 23.4 Å². The quantitative estimate of drug-likeness (QED) is 0.343. The SMILES string of the molecule is CCCCCCCC1CCC(c2ccc(-c3ccc(CCC)c(F)c3F)cc2F)CO1. The zero-order valence-corrected chi connectivity index (χ0v) is 18.9. The molecule has 0 radical (unpaired) electrons. The zero-order chi connectivity index (χ0) is 22.2. The second-order valence-corrected chi connectivity index (χ2v) is 8.82. The van der Waals surface area contributed by atoms with Crippen molar-refractivity contribution in [1.29, 1.82) is 0 Å². The van der Waals surface area contributed by atoms with Crippen molar-refractivity contribution in [1.82, 2.24) is 0 Å². The number of benzene rings is 2. The molecule has 1 aliphatic rings. The Hall–Kier alpha value is -1.81. The number of aryl methyl sites for hydroxylation is 1. The average molecular weight is 433 g/mol. The number of hydrogen-bond acceptors (Lipinski definition) is 1. The topological polar surface area (TPSA) is 9.23 Å². The van der Waals surface area contributed by atoms with Crippen LogP contribution in [-0.4, -0.2) is 12.7 Å². The second-order valence-electron chi connectivity index (χ2n) is 8.82. The molecule has 1 aliphatic heterocycles. The maximum absolute atomic E-state index is 14.9. The van der Waals surface area contributed by atoms with Crippen LogP contribution < -0.4 is 0 Å². The minimum Gasteiger partial charge on any atom is -0.378 e. The Bertz CT molecular complexity index is 841. The summed E-state index contributed by atoms with van der Waals surface area (Å²) in [7, 11) is 0. The normalized spacial score (nSPS) is 19.0. The van der Waals surface area contributed by atoms with Crippen LogP contribution in [0, 0.1) is 17.5 Å². The van der Waals surface area contributed by atoms with Gasteiger partial charge in [0.15, 0.2) is 11.6 Å². The van der Waals surface area contributed by atoms with Crippen molar-refractivity contribution in [2.75, 3.05) is 6.61 Å². The molecule has 1 saturated heterocycles. The number of ether oxygens (including phenoxy) is 1. The molecule has 0 N–H and O–H groups in total. The van der Waals surface area contributed by atoms with Gasteiger partial charge in [0, 0.05) is 11.5 Å². The maximum Gasteiger partial charge on any atom is 0.166 e. The summed E-state index contributed by atoms with van der Waals surface area (Å²) in [6.45, 7) is 4.66. The third-order valence-electron chi connectivity index (χ3n) is 6.43. The molecule has 2 aromatic carbocycles. The third-order valence-corrected chi connectivity index (χ3v) is 6.43. The lowest BCUT2D eigenvalue weighted by Crippen LogP contribution is -2.25. The molecule has 0 spiro atoms. The van der Waals surface area contributed by atoms with Crippen molar-refractivity contribution in [2.45, 2.75) is 90.1 Å². The van der Waals surface area contributed by atoms with Gasteiger partial charge in [-0.05, 0) is 48.4 Å². The first-order valence-electron chi connectivity index (χ1n) is 11.9. The van der Waals surface area contributed by atoms with E-state index < -0.39 is 11.6 Å². The molecule has 2 atom stereocenters. The molecule has 2 unspecified atom stereocenters. The van der Waals surface area contributed by atoms with E-state index in [1.165, 1.54) is 38.2 Å². The first-order valence-corrected chi connectivity index (χ1v) is 11.9. The van der Waals surface area contributed by atoms with Crippen molar-refractivity contribution in [2.24, 2.45) is 0 Å². The first-order chi connectivity index (χ1) is 15.0. The van der Waals surface area contributed by atoms with Crippen LogP contribution in [0.5, 0.6) is 0 Å². The maximum atomic E-state index is 14.9. The smallest absolute Gasteiger partial charge is 0.166 e. The summed E-state index contributed by atoms with van der Waals surface area (Å²) in [5, 5.41) is 0. The summed E-state index contributed by atoms with van der Waals surface area (Å²) < 4.78 is 49.8. The first kappa shape index (κ1) is 23.8. The fourth-order valence-corrected chi connectivity index (χ4v) is 4.56. The van der Waals surface area contributed by atoms with E-state index in [1.807, 2.05) is 6.92 Å². The molecule has 0 aromatic heterocycles. The minimum atomic E-state index is -0.902. The van der Waals surface area contributed by atoms with Crippen molar-refractivity contribution >= 4 is 0 Å². The number of hydrogen-bond donors (Lipinski definition) is 0. The zero-order valence-electron chi connectivity index (χ0n) is 18.9. The number of halogens is 3. The predicted octanol–water partition coefficient (Wildman–Crippen LogP) is 8.35. The van der Waals surface area contributed by atoms with Crippen LogP contribution in [0.3, 0.4) is 0 Å². The van der Waals surface area contributed by atoms with E-state index in [0.717, 1.165) is 25.7 Å². The van der Waals surface area contributed by atoms with Gasteiger partial charge in [0.2, 0.25) is 0 Å². The Kier molecular flexibility index (Phi) is 9.01. The van der Waals surface area contributed by atoms with Gasteiger partial charge in [-0.15, -0.1) is 0 Å². The molecular formula is C27H35F3O. The average Bonchev–Trinajstić information content (AvgIpc) is 2.77. The summed E-state index contributed by atoms with van der Waals surface area (Å²) in [6, 6.07) is 7.87. The minimum absolute atomic E-state index is 0.0129. The van der Waals surface area contributed by atoms with E-state index in [0.29, 0.717) is 29.7 Å². The van der Waals surface area contributed by atoms with E-state index in [9.17, 15) is 13.2 Å². The summed E-state index contributed by atoms with van der Waals surface area (Å²) in [5.74, 6) is -2.09. The highest BCUT2D eigenvalue weighted by atomic mass is 19.2.